The van der Waals surface area contributed by atoms with E-state index in [0.717, 1.165) is 51.4 Å². The Kier molecular flexibility index (Phi) is 9.17. The predicted molar refractivity (Wildman–Crippen MR) is 146 cm³/mol. The summed E-state index contributed by atoms with van der Waals surface area (Å²) in [6, 6.07) is 16.8. The van der Waals surface area contributed by atoms with E-state index in [1.165, 1.54) is 33.3 Å². The van der Waals surface area contributed by atoms with Crippen LogP contribution in [0.25, 0.3) is 10.9 Å². The molecule has 0 atom stereocenters. The second kappa shape index (κ2) is 12.1. The summed E-state index contributed by atoms with van der Waals surface area (Å²) >= 11 is 0. The summed E-state index contributed by atoms with van der Waals surface area (Å²) in [5, 5.41) is 8.01. The van der Waals surface area contributed by atoms with Crippen molar-refractivity contribution in [2.45, 2.75) is 39.2 Å². The van der Waals surface area contributed by atoms with Gasteiger partial charge in [-0.3, -0.25) is 9.79 Å². The molecule has 0 unspecified atom stereocenters. The van der Waals surface area contributed by atoms with Crippen molar-refractivity contribution in [3.63, 3.8) is 0 Å². The van der Waals surface area contributed by atoms with Crippen molar-refractivity contribution in [3.8, 4) is 0 Å². The number of carbonyl (C=O) groups excluding carboxylic acids is 1. The topological polar surface area (TPSA) is 72.5 Å². The molecule has 1 aliphatic rings. The zero-order valence-corrected chi connectivity index (χ0v) is 21.8. The number of para-hydroxylation sites is 1. The third-order valence-electron chi connectivity index (χ3n) is 6.26. The van der Waals surface area contributed by atoms with Gasteiger partial charge in [-0.25, -0.2) is 0 Å². The molecule has 1 aliphatic heterocycles. The smallest absolute Gasteiger partial charge is 0.222 e. The number of fused-ring (bicyclic) bond motifs is 2. The average Bonchev–Trinajstić information content (AvgIpc) is 3.15. The number of H-pyrrole nitrogens is 1. The molecule has 3 aromatic rings. The Morgan fingerprint density at radius 1 is 1.06 bits per heavy atom. The minimum atomic E-state index is 0. The number of aliphatic imine (C=N–C) groups is 1. The molecule has 6 nitrogen and oxygen atoms in total. The van der Waals surface area contributed by atoms with Crippen LogP contribution in [0.3, 0.4) is 0 Å². The third-order valence-corrected chi connectivity index (χ3v) is 6.26. The number of guanidine groups is 1. The molecule has 1 amide bonds. The number of rotatable bonds is 7. The van der Waals surface area contributed by atoms with Crippen molar-refractivity contribution in [1.82, 2.24) is 20.5 Å². The molecule has 7 heteroatoms. The quantitative estimate of drug-likeness (QED) is 0.176. The Hall–Kier alpha value is -2.55. The number of hydrogen-bond acceptors (Lipinski definition) is 2. The summed E-state index contributed by atoms with van der Waals surface area (Å²) in [5.74, 6) is 1.01. The molecular formula is C26H34IN5O. The summed E-state index contributed by atoms with van der Waals surface area (Å²) in [4.78, 5) is 22.4. The van der Waals surface area contributed by atoms with Crippen molar-refractivity contribution in [3.05, 3.63) is 70.9 Å². The van der Waals surface area contributed by atoms with E-state index in [1.54, 1.807) is 7.05 Å². The normalized spacial score (nSPS) is 13.4. The minimum absolute atomic E-state index is 0. The van der Waals surface area contributed by atoms with Gasteiger partial charge in [0.15, 0.2) is 5.96 Å². The molecule has 0 fully saturated rings. The van der Waals surface area contributed by atoms with E-state index in [0.29, 0.717) is 6.42 Å². The standard InChI is InChI=1S/C26H33N5O.HI/c1-19-22(23-10-5-6-11-24(23)30-19)13-16-29-26(27-2)28-15-7-12-25(32)31-17-14-20-8-3-4-9-21(20)18-31;/h3-6,8-11,30H,7,12-18H2,1-2H3,(H2,27,28,29);1H. The highest BCUT2D eigenvalue weighted by Crippen LogP contribution is 2.22. The van der Waals surface area contributed by atoms with Crippen LogP contribution in [0.4, 0.5) is 0 Å². The first-order valence-corrected chi connectivity index (χ1v) is 11.5. The second-order valence-electron chi connectivity index (χ2n) is 8.39. The highest BCUT2D eigenvalue weighted by Gasteiger charge is 2.19. The number of aromatic nitrogens is 1. The van der Waals surface area contributed by atoms with Crippen LogP contribution >= 0.6 is 24.0 Å². The van der Waals surface area contributed by atoms with Gasteiger partial charge in [0.25, 0.3) is 0 Å². The summed E-state index contributed by atoms with van der Waals surface area (Å²) < 4.78 is 0. The molecule has 0 saturated carbocycles. The Morgan fingerprint density at radius 2 is 1.79 bits per heavy atom. The number of benzene rings is 2. The monoisotopic (exact) mass is 559 g/mol. The van der Waals surface area contributed by atoms with E-state index >= 15 is 0 Å². The van der Waals surface area contributed by atoms with Gasteiger partial charge in [-0.05, 0) is 48.9 Å². The molecule has 2 aromatic carbocycles. The number of nitrogens with zero attached hydrogens (tertiary/aromatic N) is 2. The summed E-state index contributed by atoms with van der Waals surface area (Å²) in [5.41, 5.74) is 6.40. The lowest BCUT2D eigenvalue weighted by molar-refractivity contribution is -0.132. The maximum absolute atomic E-state index is 12.6. The summed E-state index contributed by atoms with van der Waals surface area (Å²) in [7, 11) is 1.78. The minimum Gasteiger partial charge on any atom is -0.358 e. The molecule has 176 valence electrons. The summed E-state index contributed by atoms with van der Waals surface area (Å²) in [6.07, 6.45) is 3.22. The van der Waals surface area contributed by atoms with Crippen LogP contribution in [0.15, 0.2) is 53.5 Å². The fraction of sp³-hybridized carbons (Fsp3) is 0.385. The van der Waals surface area contributed by atoms with Crippen molar-refractivity contribution in [2.24, 2.45) is 4.99 Å². The van der Waals surface area contributed by atoms with E-state index in [2.05, 4.69) is 76.1 Å². The van der Waals surface area contributed by atoms with E-state index in [-0.39, 0.29) is 29.9 Å². The van der Waals surface area contributed by atoms with Crippen molar-refractivity contribution >= 4 is 46.7 Å². The van der Waals surface area contributed by atoms with Crippen LogP contribution in [-0.4, -0.2) is 48.4 Å². The highest BCUT2D eigenvalue weighted by molar-refractivity contribution is 14.0. The first-order valence-electron chi connectivity index (χ1n) is 11.5. The first-order chi connectivity index (χ1) is 15.7. The van der Waals surface area contributed by atoms with E-state index in [1.807, 2.05) is 4.90 Å². The molecule has 1 aromatic heterocycles. The maximum atomic E-state index is 12.6. The zero-order valence-electron chi connectivity index (χ0n) is 19.5. The van der Waals surface area contributed by atoms with Crippen LogP contribution in [0.1, 0.15) is 35.2 Å². The number of aryl methyl sites for hydroxylation is 1. The lowest BCUT2D eigenvalue weighted by Crippen LogP contribution is -2.39. The van der Waals surface area contributed by atoms with E-state index in [4.69, 9.17) is 0 Å². The van der Waals surface area contributed by atoms with E-state index in [9.17, 15) is 4.79 Å². The van der Waals surface area contributed by atoms with Crippen LogP contribution in [0.2, 0.25) is 0 Å². The molecule has 0 saturated heterocycles. The third kappa shape index (κ3) is 6.28. The molecular weight excluding hydrogens is 525 g/mol. The number of nitrogens with one attached hydrogen (secondary N) is 3. The van der Waals surface area contributed by atoms with Crippen LogP contribution in [0.5, 0.6) is 0 Å². The van der Waals surface area contributed by atoms with Crippen LogP contribution < -0.4 is 10.6 Å². The fourth-order valence-corrected chi connectivity index (χ4v) is 4.50. The first kappa shape index (κ1) is 25.1. The van der Waals surface area contributed by atoms with Gasteiger partial charge < -0.3 is 20.5 Å². The molecule has 0 bridgehead atoms. The fourth-order valence-electron chi connectivity index (χ4n) is 4.50. The van der Waals surface area contributed by atoms with E-state index < -0.39 is 0 Å². The number of halogens is 1. The lowest BCUT2D eigenvalue weighted by Gasteiger charge is -2.29. The average molecular weight is 559 g/mol. The van der Waals surface area contributed by atoms with Gasteiger partial charge >= 0.3 is 0 Å². The van der Waals surface area contributed by atoms with Gasteiger partial charge in [-0.1, -0.05) is 42.5 Å². The maximum Gasteiger partial charge on any atom is 0.222 e. The molecule has 0 aliphatic carbocycles. The zero-order chi connectivity index (χ0) is 22.3. The summed E-state index contributed by atoms with van der Waals surface area (Å²) in [6.45, 7) is 5.20. The van der Waals surface area contributed by atoms with Gasteiger partial charge in [0, 0.05) is 56.2 Å². The van der Waals surface area contributed by atoms with Gasteiger partial charge in [0.1, 0.15) is 0 Å². The Morgan fingerprint density at radius 3 is 2.61 bits per heavy atom. The van der Waals surface area contributed by atoms with Crippen molar-refractivity contribution < 1.29 is 4.79 Å². The Labute approximate surface area is 213 Å². The molecule has 2 heterocycles. The molecule has 0 radical (unpaired) electrons. The Balaban J connectivity index is 0.00000306. The molecule has 4 rings (SSSR count). The molecule has 0 spiro atoms. The van der Waals surface area contributed by atoms with Gasteiger partial charge in [-0.15, -0.1) is 24.0 Å². The lowest BCUT2D eigenvalue weighted by atomic mass is 9.99. The van der Waals surface area contributed by atoms with Crippen LogP contribution in [0, 0.1) is 6.92 Å². The Bertz CT molecular complexity index is 1110. The second-order valence-corrected chi connectivity index (χ2v) is 8.39. The predicted octanol–water partition coefficient (Wildman–Crippen LogP) is 4.17. The number of carbonyl (C=O) groups is 1. The number of amides is 1. The molecule has 33 heavy (non-hydrogen) atoms. The number of aromatic amines is 1. The van der Waals surface area contributed by atoms with Gasteiger partial charge in [0.2, 0.25) is 5.91 Å². The van der Waals surface area contributed by atoms with Gasteiger partial charge in [-0.2, -0.15) is 0 Å². The SMILES string of the molecule is CN=C(NCCCC(=O)N1CCc2ccccc2C1)NCCc1c(C)[nH]c2ccccc12.I. The number of hydrogen-bond donors (Lipinski definition) is 3. The van der Waals surface area contributed by atoms with Crippen LogP contribution in [-0.2, 0) is 24.2 Å². The molecule has 3 N–H and O–H groups in total. The largest absolute Gasteiger partial charge is 0.358 e. The highest BCUT2D eigenvalue weighted by atomic mass is 127. The van der Waals surface area contributed by atoms with Crippen molar-refractivity contribution in [2.75, 3.05) is 26.7 Å². The van der Waals surface area contributed by atoms with Gasteiger partial charge in [0.05, 0.1) is 0 Å². The van der Waals surface area contributed by atoms with Crippen molar-refractivity contribution in [1.29, 1.82) is 0 Å².